The summed E-state index contributed by atoms with van der Waals surface area (Å²) in [6.07, 6.45) is 15.0. The topological polar surface area (TPSA) is 282 Å². The van der Waals surface area contributed by atoms with Crippen LogP contribution in [0.15, 0.2) is 54.7 Å². The number of likely N-dealkylation sites (tertiary alicyclic amines) is 2. The monoisotopic (exact) mass is 1420 g/mol. The summed E-state index contributed by atoms with van der Waals surface area (Å²) in [5.41, 5.74) is 1.96. The van der Waals surface area contributed by atoms with E-state index in [4.69, 9.17) is 20.6 Å². The lowest BCUT2D eigenvalue weighted by Crippen LogP contribution is -2.53. The normalized spacial score (nSPS) is 17.5. The third kappa shape index (κ3) is 27.0. The highest BCUT2D eigenvalue weighted by atomic mass is 127. The Hall–Kier alpha value is -6.78. The third-order valence-electron chi connectivity index (χ3n) is 16.3. The van der Waals surface area contributed by atoms with Gasteiger partial charge in [-0.1, -0.05) is 30.9 Å². The summed E-state index contributed by atoms with van der Waals surface area (Å²) in [5, 5.41) is 21.6. The number of aliphatic carboxylic acids is 1. The molecule has 24 nitrogen and oxygen atoms in total. The number of carbonyl (C=O) groups excluding carboxylic acids is 8. The van der Waals surface area contributed by atoms with E-state index in [9.17, 15) is 57.0 Å². The summed E-state index contributed by atoms with van der Waals surface area (Å²) >= 11 is 3.68. The fourth-order valence-corrected chi connectivity index (χ4v) is 12.4. The minimum absolute atomic E-state index is 0.00248. The molecule has 3 fully saturated rings. The second-order valence-corrected chi connectivity index (χ2v) is 25.6. The van der Waals surface area contributed by atoms with E-state index in [0.717, 1.165) is 47.0 Å². The second kappa shape index (κ2) is 40.4. The van der Waals surface area contributed by atoms with Crippen molar-refractivity contribution in [2.75, 3.05) is 136 Å². The molecule has 6 rings (SSSR count). The lowest BCUT2D eigenvalue weighted by molar-refractivity contribution is -0.139. The Bertz CT molecular complexity index is 2930. The van der Waals surface area contributed by atoms with Gasteiger partial charge < -0.3 is 50.4 Å². The van der Waals surface area contributed by atoms with Gasteiger partial charge in [-0.2, -0.15) is 11.8 Å². The van der Waals surface area contributed by atoms with Gasteiger partial charge in [-0.25, -0.2) is 8.78 Å². The second-order valence-electron chi connectivity index (χ2n) is 23.2. The molecule has 0 unspecified atom stereocenters. The fourth-order valence-electron chi connectivity index (χ4n) is 11.2. The molecule has 0 aliphatic carbocycles. The van der Waals surface area contributed by atoms with E-state index in [2.05, 4.69) is 66.9 Å². The van der Waals surface area contributed by atoms with E-state index in [1.165, 1.54) is 29.6 Å². The number of pyridine rings is 1. The van der Waals surface area contributed by atoms with Crippen molar-refractivity contribution in [3.63, 3.8) is 0 Å². The van der Waals surface area contributed by atoms with Crippen LogP contribution in [0.1, 0.15) is 93.0 Å². The van der Waals surface area contributed by atoms with Gasteiger partial charge in [-0.3, -0.25) is 67.7 Å². The number of rotatable bonds is 36. The summed E-state index contributed by atoms with van der Waals surface area (Å²) < 4.78 is 45.2. The Morgan fingerprint density at radius 1 is 0.761 bits per heavy atom. The van der Waals surface area contributed by atoms with E-state index >= 15 is 0 Å². The zero-order chi connectivity index (χ0) is 66.1. The number of amides is 6. The van der Waals surface area contributed by atoms with Gasteiger partial charge in [0.1, 0.15) is 25.3 Å². The number of benzene rings is 2. The summed E-state index contributed by atoms with van der Waals surface area (Å²) in [5.74, 6) is -2.14. The van der Waals surface area contributed by atoms with Crippen molar-refractivity contribution in [2.24, 2.45) is 5.92 Å². The molecule has 2 atom stereocenters. The number of carboxylic acids is 1. The Kier molecular flexibility index (Phi) is 32.6. The number of halogens is 3. The number of alkyl halides is 2. The SMILES string of the molecule is C#C[C@H]1CC(F)(F)CN1C(=O)CNC(=O)c1ccnc2ccc(OCCCCC3CCN(C(=O)CCCCCNC(=O)[C@H](CSCCNC(=O)CCCc4ccc(I)cc4)NC(=O)CN4CCN(COC=O)CCN(COC=O)CCN(CC(=O)O)CC4)CC3)cc12. The van der Waals surface area contributed by atoms with Crippen LogP contribution in [0, 0.1) is 21.8 Å². The van der Waals surface area contributed by atoms with Crippen molar-refractivity contribution in [1.82, 2.24) is 55.7 Å². The zero-order valence-corrected chi connectivity index (χ0v) is 55.2. The molecule has 3 aliphatic heterocycles. The fraction of sp³-hybridized carbons (Fsp3) is 0.594. The highest BCUT2D eigenvalue weighted by Crippen LogP contribution is 2.32. The predicted molar refractivity (Wildman–Crippen MR) is 350 cm³/mol. The van der Waals surface area contributed by atoms with E-state index < -0.39 is 61.2 Å². The number of piperidine rings is 1. The third-order valence-corrected chi connectivity index (χ3v) is 18.1. The van der Waals surface area contributed by atoms with E-state index in [0.29, 0.717) is 165 Å². The predicted octanol–water partition coefficient (Wildman–Crippen LogP) is 3.83. The molecule has 2 aromatic carbocycles. The number of carboxylic acid groups (broad SMARTS) is 1. The lowest BCUT2D eigenvalue weighted by Gasteiger charge is -2.33. The number of hydrogen-bond acceptors (Lipinski definition) is 18. The molecule has 1 aromatic heterocycles. The molecular weight excluding hydrogens is 1330 g/mol. The lowest BCUT2D eigenvalue weighted by atomic mass is 9.91. The van der Waals surface area contributed by atoms with E-state index in [-0.39, 0.29) is 55.6 Å². The van der Waals surface area contributed by atoms with Crippen molar-refractivity contribution < 1.29 is 71.2 Å². The minimum atomic E-state index is -3.09. The molecule has 6 amide bonds. The number of nitrogens with zero attached hydrogens (tertiary/aromatic N) is 7. The van der Waals surface area contributed by atoms with E-state index in [1.807, 2.05) is 31.7 Å². The van der Waals surface area contributed by atoms with Gasteiger partial charge in [0.05, 0.1) is 49.9 Å². The zero-order valence-electron chi connectivity index (χ0n) is 52.2. The number of terminal acetylenes is 1. The van der Waals surface area contributed by atoms with Gasteiger partial charge in [0.2, 0.25) is 29.5 Å². The first-order chi connectivity index (χ1) is 44.4. The number of fused-ring (bicyclic) bond motifs is 1. The van der Waals surface area contributed by atoms with E-state index in [1.54, 1.807) is 23.1 Å². The Balaban J connectivity index is 0.906. The maximum atomic E-state index is 14.0. The summed E-state index contributed by atoms with van der Waals surface area (Å²) in [6, 6.07) is 13.0. The molecule has 0 spiro atoms. The van der Waals surface area contributed by atoms with Crippen LogP contribution >= 0.6 is 34.4 Å². The molecular formula is C64H88F2IN11O13S. The van der Waals surface area contributed by atoms with Crippen molar-refractivity contribution >= 4 is 99.6 Å². The number of carbonyl (C=O) groups is 9. The van der Waals surface area contributed by atoms with Gasteiger partial charge in [0.25, 0.3) is 24.8 Å². The van der Waals surface area contributed by atoms with Gasteiger partial charge in [-0.15, -0.1) is 6.42 Å². The Morgan fingerprint density at radius 3 is 2.10 bits per heavy atom. The molecule has 5 N–H and O–H groups in total. The van der Waals surface area contributed by atoms with Crippen molar-refractivity contribution in [1.29, 1.82) is 0 Å². The molecule has 0 saturated carbocycles. The van der Waals surface area contributed by atoms with Crippen LogP contribution in [0.4, 0.5) is 8.78 Å². The van der Waals surface area contributed by atoms with Gasteiger partial charge in [0.15, 0.2) is 0 Å². The molecule has 3 saturated heterocycles. The summed E-state index contributed by atoms with van der Waals surface area (Å²) in [6.45, 7) is 4.38. The average Bonchev–Trinajstić information content (AvgIpc) is 1.21. The van der Waals surface area contributed by atoms with Crippen molar-refractivity contribution in [3.8, 4) is 18.1 Å². The van der Waals surface area contributed by atoms with Crippen LogP contribution in [0.2, 0.25) is 0 Å². The van der Waals surface area contributed by atoms with Crippen molar-refractivity contribution in [3.05, 3.63) is 69.4 Å². The van der Waals surface area contributed by atoms with Crippen LogP contribution < -0.4 is 26.0 Å². The van der Waals surface area contributed by atoms with Crippen LogP contribution in [0.25, 0.3) is 10.9 Å². The van der Waals surface area contributed by atoms with Crippen LogP contribution in [0.5, 0.6) is 5.75 Å². The smallest absolute Gasteiger partial charge is 0.317 e. The number of nitrogens with one attached hydrogen (secondary N) is 4. The molecule has 0 radical (unpaired) electrons. The Morgan fingerprint density at radius 2 is 1.43 bits per heavy atom. The molecule has 4 heterocycles. The van der Waals surface area contributed by atoms with Gasteiger partial charge >= 0.3 is 5.97 Å². The summed E-state index contributed by atoms with van der Waals surface area (Å²) in [4.78, 5) is 128. The largest absolute Gasteiger partial charge is 0.494 e. The number of hydrogen-bond donors (Lipinski definition) is 5. The number of aromatic nitrogens is 1. The first-order valence-electron chi connectivity index (χ1n) is 31.5. The average molecular weight is 1420 g/mol. The highest BCUT2D eigenvalue weighted by Gasteiger charge is 2.46. The quantitative estimate of drug-likeness (QED) is 0.0239. The number of unbranched alkanes of at least 4 members (excludes halogenated alkanes) is 3. The molecule has 92 heavy (non-hydrogen) atoms. The highest BCUT2D eigenvalue weighted by molar-refractivity contribution is 14.1. The van der Waals surface area contributed by atoms with Crippen LogP contribution in [0.3, 0.4) is 0 Å². The number of ether oxygens (including phenoxy) is 3. The Labute approximate surface area is 554 Å². The van der Waals surface area contributed by atoms with Gasteiger partial charge in [0, 0.05) is 124 Å². The number of thioether (sulfide) groups is 1. The minimum Gasteiger partial charge on any atom is -0.494 e. The molecule has 28 heteroatoms. The van der Waals surface area contributed by atoms with Gasteiger partial charge in [-0.05, 0) is 122 Å². The molecule has 504 valence electrons. The molecule has 3 aromatic rings. The van der Waals surface area contributed by atoms with Crippen molar-refractivity contribution in [2.45, 2.75) is 101 Å². The maximum absolute atomic E-state index is 14.0. The standard InChI is InChI=1S/C64H88F2IN11O13S/c1-2-51-38-64(65,66)43-78(51)60(84)39-71-62(87)53-19-23-68-55-18-17-52(37-54(53)55)91-35-7-5-9-49-20-25-77(26-21-49)59(83)12-4-3-6-22-70-63(88)56(42-92-36-24-69-57(81)11-8-10-48-13-15-50(67)16-14-48)72-58(82)40-73-27-28-74(41-61(85)86)30-32-76(45-90-47-80)34-33-75(31-29-73)44-89-46-79/h1,13-19,23,37,46-47,49,51,56H,3-12,20-22,24-36,38-45H2,(H,69,81)(H,70,88)(H,71,87)(H,72,82)(H,85,86)/t51-,56-/m0/s1. The molecule has 0 bridgehead atoms. The number of aryl methyl sites for hydroxylation is 1. The first kappa shape index (κ1) is 74.3. The van der Waals surface area contributed by atoms with Crippen LogP contribution in [-0.4, -0.2) is 248 Å². The summed E-state index contributed by atoms with van der Waals surface area (Å²) in [7, 11) is 0. The van der Waals surface area contributed by atoms with Crippen LogP contribution in [-0.2, 0) is 54.3 Å². The first-order valence-corrected chi connectivity index (χ1v) is 33.7. The molecule has 3 aliphatic rings. The maximum Gasteiger partial charge on any atom is 0.317 e.